The van der Waals surface area contributed by atoms with Crippen molar-refractivity contribution in [2.24, 2.45) is 0 Å². The largest absolute Gasteiger partial charge is 0.465 e. The van der Waals surface area contributed by atoms with Crippen LogP contribution in [0.4, 0.5) is 0 Å². The Labute approximate surface area is 103 Å². The Morgan fingerprint density at radius 2 is 2.18 bits per heavy atom. The highest BCUT2D eigenvalue weighted by molar-refractivity contribution is 5.91. The number of nitrogens with one attached hydrogen (secondary N) is 1. The van der Waals surface area contributed by atoms with Crippen LogP contribution in [0.25, 0.3) is 6.08 Å². The Morgan fingerprint density at radius 1 is 1.35 bits per heavy atom. The molecule has 1 N–H and O–H groups in total. The zero-order valence-corrected chi connectivity index (χ0v) is 10.4. The van der Waals surface area contributed by atoms with Crippen LogP contribution in [-0.2, 0) is 4.79 Å². The van der Waals surface area contributed by atoms with Gasteiger partial charge >= 0.3 is 0 Å². The van der Waals surface area contributed by atoms with E-state index in [0.717, 1.165) is 13.0 Å². The number of carbonyl (C=O) groups excluding carboxylic acids is 1. The van der Waals surface area contributed by atoms with E-state index in [4.69, 9.17) is 4.42 Å². The standard InChI is InChI=1S/C14H21NO2/c1-2-3-4-5-6-11-15-14(16)10-9-13-8-7-12-17-13/h7-10,12H,2-6,11H2,1H3,(H,15,16). The van der Waals surface area contributed by atoms with Gasteiger partial charge in [-0.1, -0.05) is 32.6 Å². The van der Waals surface area contributed by atoms with Gasteiger partial charge in [-0.15, -0.1) is 0 Å². The van der Waals surface area contributed by atoms with Crippen LogP contribution in [0.15, 0.2) is 28.9 Å². The molecule has 0 saturated carbocycles. The van der Waals surface area contributed by atoms with Gasteiger partial charge in [-0.25, -0.2) is 0 Å². The normalized spacial score (nSPS) is 10.9. The third-order valence-electron chi connectivity index (χ3n) is 2.52. The van der Waals surface area contributed by atoms with Gasteiger partial charge in [0.2, 0.25) is 5.91 Å². The fraction of sp³-hybridized carbons (Fsp3) is 0.500. The molecule has 0 fully saturated rings. The second-order valence-electron chi connectivity index (χ2n) is 4.05. The second kappa shape index (κ2) is 8.62. The molecule has 0 unspecified atom stereocenters. The van der Waals surface area contributed by atoms with Crippen molar-refractivity contribution >= 4 is 12.0 Å². The van der Waals surface area contributed by atoms with E-state index >= 15 is 0 Å². The lowest BCUT2D eigenvalue weighted by Crippen LogP contribution is -2.21. The van der Waals surface area contributed by atoms with Gasteiger partial charge in [-0.2, -0.15) is 0 Å². The van der Waals surface area contributed by atoms with Gasteiger partial charge in [0.1, 0.15) is 5.76 Å². The van der Waals surface area contributed by atoms with Crippen molar-refractivity contribution in [3.63, 3.8) is 0 Å². The van der Waals surface area contributed by atoms with E-state index in [9.17, 15) is 4.79 Å². The molecule has 0 aliphatic carbocycles. The predicted octanol–water partition coefficient (Wildman–Crippen LogP) is 3.38. The molecular formula is C14H21NO2. The smallest absolute Gasteiger partial charge is 0.244 e. The highest BCUT2D eigenvalue weighted by atomic mass is 16.3. The van der Waals surface area contributed by atoms with E-state index in [2.05, 4.69) is 12.2 Å². The lowest BCUT2D eigenvalue weighted by molar-refractivity contribution is -0.116. The Bertz CT molecular complexity index is 328. The number of rotatable bonds is 8. The van der Waals surface area contributed by atoms with Crippen LogP contribution in [-0.4, -0.2) is 12.5 Å². The Balaban J connectivity index is 2.05. The van der Waals surface area contributed by atoms with E-state index < -0.39 is 0 Å². The molecule has 0 aliphatic heterocycles. The molecule has 0 aliphatic rings. The minimum Gasteiger partial charge on any atom is -0.465 e. The number of carbonyl (C=O) groups is 1. The fourth-order valence-corrected chi connectivity index (χ4v) is 1.54. The minimum atomic E-state index is -0.0584. The van der Waals surface area contributed by atoms with Crippen molar-refractivity contribution in [1.29, 1.82) is 0 Å². The van der Waals surface area contributed by atoms with Crippen LogP contribution in [0.3, 0.4) is 0 Å². The Hall–Kier alpha value is -1.51. The molecule has 0 bridgehead atoms. The first-order chi connectivity index (χ1) is 8.33. The maximum atomic E-state index is 11.4. The number of hydrogen-bond acceptors (Lipinski definition) is 2. The summed E-state index contributed by atoms with van der Waals surface area (Å²) in [6, 6.07) is 3.61. The molecule has 94 valence electrons. The Morgan fingerprint density at radius 3 is 2.88 bits per heavy atom. The maximum absolute atomic E-state index is 11.4. The summed E-state index contributed by atoms with van der Waals surface area (Å²) in [5, 5.41) is 2.85. The molecule has 1 aromatic rings. The molecule has 1 rings (SSSR count). The van der Waals surface area contributed by atoms with Gasteiger partial charge in [-0.05, 0) is 24.6 Å². The van der Waals surface area contributed by atoms with E-state index in [0.29, 0.717) is 5.76 Å². The first-order valence-electron chi connectivity index (χ1n) is 6.32. The quantitative estimate of drug-likeness (QED) is 0.554. The summed E-state index contributed by atoms with van der Waals surface area (Å²) < 4.78 is 5.09. The van der Waals surface area contributed by atoms with Gasteiger partial charge in [0.25, 0.3) is 0 Å². The summed E-state index contributed by atoms with van der Waals surface area (Å²) in [6.07, 6.45) is 10.8. The van der Waals surface area contributed by atoms with E-state index in [-0.39, 0.29) is 5.91 Å². The third kappa shape index (κ3) is 6.61. The van der Waals surface area contributed by atoms with Crippen LogP contribution in [0.5, 0.6) is 0 Å². The monoisotopic (exact) mass is 235 g/mol. The lowest BCUT2D eigenvalue weighted by atomic mass is 10.1. The van der Waals surface area contributed by atoms with E-state index in [1.165, 1.54) is 31.8 Å². The van der Waals surface area contributed by atoms with Crippen molar-refractivity contribution in [3.8, 4) is 0 Å². The molecule has 3 heteroatoms. The molecule has 0 spiro atoms. The predicted molar refractivity (Wildman–Crippen MR) is 69.5 cm³/mol. The van der Waals surface area contributed by atoms with Crippen LogP contribution in [0.2, 0.25) is 0 Å². The summed E-state index contributed by atoms with van der Waals surface area (Å²) in [6.45, 7) is 2.95. The number of amides is 1. The first kappa shape index (κ1) is 13.6. The molecular weight excluding hydrogens is 214 g/mol. The maximum Gasteiger partial charge on any atom is 0.244 e. The summed E-state index contributed by atoms with van der Waals surface area (Å²) >= 11 is 0. The molecule has 3 nitrogen and oxygen atoms in total. The Kier molecular flexibility index (Phi) is 6.87. The van der Waals surface area contributed by atoms with Gasteiger partial charge in [-0.3, -0.25) is 4.79 Å². The summed E-state index contributed by atoms with van der Waals surface area (Å²) in [5.74, 6) is 0.639. The number of unbranched alkanes of at least 4 members (excludes halogenated alkanes) is 4. The fourth-order valence-electron chi connectivity index (χ4n) is 1.54. The molecule has 17 heavy (non-hydrogen) atoms. The average Bonchev–Trinajstić information content (AvgIpc) is 2.84. The van der Waals surface area contributed by atoms with E-state index in [1.807, 2.05) is 6.07 Å². The average molecular weight is 235 g/mol. The minimum absolute atomic E-state index is 0.0584. The van der Waals surface area contributed by atoms with Crippen LogP contribution < -0.4 is 5.32 Å². The molecule has 0 atom stereocenters. The van der Waals surface area contributed by atoms with E-state index in [1.54, 1.807) is 18.4 Å². The van der Waals surface area contributed by atoms with Crippen LogP contribution >= 0.6 is 0 Å². The summed E-state index contributed by atoms with van der Waals surface area (Å²) in [4.78, 5) is 11.4. The first-order valence-corrected chi connectivity index (χ1v) is 6.32. The highest BCUT2D eigenvalue weighted by Crippen LogP contribution is 2.02. The third-order valence-corrected chi connectivity index (χ3v) is 2.52. The molecule has 0 aromatic carbocycles. The van der Waals surface area contributed by atoms with Crippen molar-refractivity contribution in [2.45, 2.75) is 39.0 Å². The summed E-state index contributed by atoms with van der Waals surface area (Å²) in [5.41, 5.74) is 0. The molecule has 1 heterocycles. The van der Waals surface area contributed by atoms with Crippen LogP contribution in [0, 0.1) is 0 Å². The summed E-state index contributed by atoms with van der Waals surface area (Å²) in [7, 11) is 0. The highest BCUT2D eigenvalue weighted by Gasteiger charge is 1.95. The van der Waals surface area contributed by atoms with Crippen molar-refractivity contribution in [3.05, 3.63) is 30.2 Å². The van der Waals surface area contributed by atoms with Gasteiger partial charge in [0.05, 0.1) is 6.26 Å². The SMILES string of the molecule is CCCCCCCNC(=O)C=Cc1ccco1. The second-order valence-corrected chi connectivity index (χ2v) is 4.05. The molecule has 1 amide bonds. The molecule has 0 radical (unpaired) electrons. The topological polar surface area (TPSA) is 42.2 Å². The van der Waals surface area contributed by atoms with Gasteiger partial charge in [0, 0.05) is 12.6 Å². The zero-order valence-electron chi connectivity index (χ0n) is 10.4. The number of hydrogen-bond donors (Lipinski definition) is 1. The van der Waals surface area contributed by atoms with Crippen molar-refractivity contribution in [1.82, 2.24) is 5.32 Å². The lowest BCUT2D eigenvalue weighted by Gasteiger charge is -2.01. The number of furan rings is 1. The van der Waals surface area contributed by atoms with Crippen molar-refractivity contribution < 1.29 is 9.21 Å². The molecule has 1 aromatic heterocycles. The van der Waals surface area contributed by atoms with Gasteiger partial charge in [0.15, 0.2) is 0 Å². The van der Waals surface area contributed by atoms with Crippen LogP contribution in [0.1, 0.15) is 44.8 Å². The van der Waals surface area contributed by atoms with Gasteiger partial charge < -0.3 is 9.73 Å². The van der Waals surface area contributed by atoms with Crippen molar-refractivity contribution in [2.75, 3.05) is 6.54 Å². The zero-order chi connectivity index (χ0) is 12.3. The molecule has 0 saturated heterocycles.